The van der Waals surface area contributed by atoms with Crippen LogP contribution in [0.15, 0.2) is 5.38 Å². The van der Waals surface area contributed by atoms with Gasteiger partial charge in [-0.1, -0.05) is 29.8 Å². The number of rotatable bonds is 5. The summed E-state index contributed by atoms with van der Waals surface area (Å²) >= 11 is 5.24. The number of hydrogen-bond acceptors (Lipinski definition) is 3. The molecule has 0 saturated heterocycles. The standard InChI is InChI=1S/C10H17BrN2S/c1-7(2)9(4-11)12-5-10-13-8(3)6-14-10/h6-7,9,12H,4-5H2,1-3H3. The first-order chi connectivity index (χ1) is 6.63. The average Bonchev–Trinajstić information content (AvgIpc) is 2.52. The molecule has 0 fully saturated rings. The lowest BCUT2D eigenvalue weighted by molar-refractivity contribution is 0.433. The van der Waals surface area contributed by atoms with Gasteiger partial charge in [-0.2, -0.15) is 0 Å². The van der Waals surface area contributed by atoms with Crippen LogP contribution < -0.4 is 5.32 Å². The molecule has 0 aliphatic rings. The molecule has 1 aromatic heterocycles. The van der Waals surface area contributed by atoms with E-state index < -0.39 is 0 Å². The van der Waals surface area contributed by atoms with E-state index in [1.54, 1.807) is 11.3 Å². The van der Waals surface area contributed by atoms with Crippen molar-refractivity contribution in [3.8, 4) is 0 Å². The summed E-state index contributed by atoms with van der Waals surface area (Å²) in [6.07, 6.45) is 0. The molecule has 1 N–H and O–H groups in total. The highest BCUT2D eigenvalue weighted by Gasteiger charge is 2.11. The lowest BCUT2D eigenvalue weighted by Gasteiger charge is -2.18. The van der Waals surface area contributed by atoms with Crippen LogP contribution in [0.25, 0.3) is 0 Å². The minimum atomic E-state index is 0.527. The van der Waals surface area contributed by atoms with E-state index in [0.717, 1.165) is 17.6 Å². The van der Waals surface area contributed by atoms with Gasteiger partial charge in [0.1, 0.15) is 5.01 Å². The Hall–Kier alpha value is 0.0700. The monoisotopic (exact) mass is 276 g/mol. The summed E-state index contributed by atoms with van der Waals surface area (Å²) in [6, 6.07) is 0.527. The topological polar surface area (TPSA) is 24.9 Å². The SMILES string of the molecule is Cc1csc(CNC(CBr)C(C)C)n1. The normalized spacial score (nSPS) is 13.5. The molecule has 80 valence electrons. The Morgan fingerprint density at radius 2 is 2.29 bits per heavy atom. The van der Waals surface area contributed by atoms with Crippen LogP contribution in [0.1, 0.15) is 24.5 Å². The Kier molecular flexibility index (Phi) is 5.06. The van der Waals surface area contributed by atoms with Gasteiger partial charge in [0.05, 0.1) is 0 Å². The maximum atomic E-state index is 4.42. The molecule has 1 heterocycles. The fourth-order valence-electron chi connectivity index (χ4n) is 1.17. The Bertz CT molecular complexity index is 273. The molecule has 1 unspecified atom stereocenters. The van der Waals surface area contributed by atoms with Crippen LogP contribution in [0.3, 0.4) is 0 Å². The molecule has 0 bridgehead atoms. The smallest absolute Gasteiger partial charge is 0.107 e. The molecule has 4 heteroatoms. The largest absolute Gasteiger partial charge is 0.307 e. The highest BCUT2D eigenvalue weighted by molar-refractivity contribution is 9.09. The van der Waals surface area contributed by atoms with Crippen LogP contribution in [0.2, 0.25) is 0 Å². The van der Waals surface area contributed by atoms with Crippen LogP contribution in [0.5, 0.6) is 0 Å². The molecule has 0 spiro atoms. The van der Waals surface area contributed by atoms with Gasteiger partial charge in [0.15, 0.2) is 0 Å². The van der Waals surface area contributed by atoms with Crippen molar-refractivity contribution >= 4 is 27.3 Å². The zero-order valence-electron chi connectivity index (χ0n) is 8.88. The summed E-state index contributed by atoms with van der Waals surface area (Å²) in [5.41, 5.74) is 1.12. The summed E-state index contributed by atoms with van der Waals surface area (Å²) in [5, 5.41) is 7.76. The van der Waals surface area contributed by atoms with Gasteiger partial charge in [-0.15, -0.1) is 11.3 Å². The fourth-order valence-corrected chi connectivity index (χ4v) is 2.87. The van der Waals surface area contributed by atoms with Crippen molar-refractivity contribution in [3.05, 3.63) is 16.1 Å². The van der Waals surface area contributed by atoms with E-state index in [0.29, 0.717) is 12.0 Å². The third-order valence-electron chi connectivity index (χ3n) is 2.15. The quantitative estimate of drug-likeness (QED) is 0.837. The molecule has 0 aliphatic carbocycles. The molecular formula is C10H17BrN2S. The van der Waals surface area contributed by atoms with Crippen molar-refractivity contribution in [1.29, 1.82) is 0 Å². The van der Waals surface area contributed by atoms with Gasteiger partial charge in [0.25, 0.3) is 0 Å². The summed E-state index contributed by atoms with van der Waals surface area (Å²) in [4.78, 5) is 4.42. The van der Waals surface area contributed by atoms with Crippen molar-refractivity contribution in [2.45, 2.75) is 33.4 Å². The molecule has 1 atom stereocenters. The number of aryl methyl sites for hydroxylation is 1. The molecule has 1 aromatic rings. The Labute approximate surface area is 98.3 Å². The fraction of sp³-hybridized carbons (Fsp3) is 0.700. The summed E-state index contributed by atoms with van der Waals surface area (Å²) in [5.74, 6) is 0.649. The molecule has 2 nitrogen and oxygen atoms in total. The second kappa shape index (κ2) is 5.83. The van der Waals surface area contributed by atoms with Crippen LogP contribution in [0, 0.1) is 12.8 Å². The van der Waals surface area contributed by atoms with E-state index in [9.17, 15) is 0 Å². The number of thiazole rings is 1. The average molecular weight is 277 g/mol. The van der Waals surface area contributed by atoms with E-state index in [4.69, 9.17) is 0 Å². The molecule has 1 rings (SSSR count). The Morgan fingerprint density at radius 3 is 2.71 bits per heavy atom. The first-order valence-electron chi connectivity index (χ1n) is 4.84. The minimum absolute atomic E-state index is 0.527. The second-order valence-electron chi connectivity index (χ2n) is 3.77. The van der Waals surface area contributed by atoms with Crippen molar-refractivity contribution < 1.29 is 0 Å². The van der Waals surface area contributed by atoms with Gasteiger partial charge in [0.2, 0.25) is 0 Å². The Balaban J connectivity index is 2.39. The molecule has 0 aromatic carbocycles. The zero-order chi connectivity index (χ0) is 10.6. The lowest BCUT2D eigenvalue weighted by Crippen LogP contribution is -2.34. The van der Waals surface area contributed by atoms with E-state index in [1.807, 2.05) is 6.92 Å². The van der Waals surface area contributed by atoms with Gasteiger partial charge < -0.3 is 5.32 Å². The van der Waals surface area contributed by atoms with Gasteiger partial charge in [-0.3, -0.25) is 0 Å². The predicted octanol–water partition coefficient (Wildman–Crippen LogP) is 2.96. The van der Waals surface area contributed by atoms with Crippen LogP contribution in [0.4, 0.5) is 0 Å². The summed E-state index contributed by atoms with van der Waals surface area (Å²) in [6.45, 7) is 7.37. The Morgan fingerprint density at radius 1 is 1.57 bits per heavy atom. The number of alkyl halides is 1. The second-order valence-corrected chi connectivity index (χ2v) is 5.36. The first kappa shape index (κ1) is 12.1. The molecule has 0 radical (unpaired) electrons. The number of nitrogens with one attached hydrogen (secondary N) is 1. The van der Waals surface area contributed by atoms with E-state index >= 15 is 0 Å². The molecule has 0 aliphatic heterocycles. The number of halogens is 1. The van der Waals surface area contributed by atoms with E-state index in [1.165, 1.54) is 5.01 Å². The van der Waals surface area contributed by atoms with Crippen molar-refractivity contribution in [3.63, 3.8) is 0 Å². The van der Waals surface area contributed by atoms with Gasteiger partial charge >= 0.3 is 0 Å². The summed E-state index contributed by atoms with van der Waals surface area (Å²) < 4.78 is 0. The first-order valence-corrected chi connectivity index (χ1v) is 6.84. The zero-order valence-corrected chi connectivity index (χ0v) is 11.3. The van der Waals surface area contributed by atoms with Gasteiger partial charge in [-0.05, 0) is 12.8 Å². The highest BCUT2D eigenvalue weighted by Crippen LogP contribution is 2.10. The minimum Gasteiger partial charge on any atom is -0.307 e. The molecule has 0 saturated carbocycles. The van der Waals surface area contributed by atoms with Gasteiger partial charge in [0, 0.05) is 29.0 Å². The third kappa shape index (κ3) is 3.67. The van der Waals surface area contributed by atoms with Crippen LogP contribution in [-0.2, 0) is 6.54 Å². The maximum Gasteiger partial charge on any atom is 0.107 e. The van der Waals surface area contributed by atoms with E-state index in [2.05, 4.69) is 45.5 Å². The summed E-state index contributed by atoms with van der Waals surface area (Å²) in [7, 11) is 0. The number of aromatic nitrogens is 1. The predicted molar refractivity (Wildman–Crippen MR) is 66.1 cm³/mol. The molecular weight excluding hydrogens is 260 g/mol. The van der Waals surface area contributed by atoms with Crippen LogP contribution >= 0.6 is 27.3 Å². The van der Waals surface area contributed by atoms with Gasteiger partial charge in [-0.25, -0.2) is 4.98 Å². The third-order valence-corrected chi connectivity index (χ3v) is 3.82. The lowest BCUT2D eigenvalue weighted by atomic mass is 10.1. The van der Waals surface area contributed by atoms with Crippen molar-refractivity contribution in [1.82, 2.24) is 10.3 Å². The van der Waals surface area contributed by atoms with E-state index in [-0.39, 0.29) is 0 Å². The number of hydrogen-bond donors (Lipinski definition) is 1. The number of nitrogens with zero attached hydrogens (tertiary/aromatic N) is 1. The molecule has 14 heavy (non-hydrogen) atoms. The van der Waals surface area contributed by atoms with Crippen molar-refractivity contribution in [2.24, 2.45) is 5.92 Å². The highest BCUT2D eigenvalue weighted by atomic mass is 79.9. The van der Waals surface area contributed by atoms with Crippen LogP contribution in [-0.4, -0.2) is 16.4 Å². The molecule has 0 amide bonds. The maximum absolute atomic E-state index is 4.42. The van der Waals surface area contributed by atoms with Crippen molar-refractivity contribution in [2.75, 3.05) is 5.33 Å².